The summed E-state index contributed by atoms with van der Waals surface area (Å²) in [5, 5.41) is 0. The van der Waals surface area contributed by atoms with Gasteiger partial charge in [0.25, 0.3) is 0 Å². The molecule has 6 heteroatoms. The van der Waals surface area contributed by atoms with Crippen molar-refractivity contribution in [2.24, 2.45) is 11.5 Å². The van der Waals surface area contributed by atoms with Crippen LogP contribution in [0, 0.1) is 0 Å². The number of carbonyl (C=O) groups excluding carboxylic acids is 1. The largest absolute Gasteiger partial charge is 0.369 e. The lowest BCUT2D eigenvalue weighted by Gasteiger charge is -2.34. The van der Waals surface area contributed by atoms with Gasteiger partial charge in [-0.25, -0.2) is 0 Å². The molecule has 0 aliphatic rings. The normalized spacial score (nSPS) is 14.4. The summed E-state index contributed by atoms with van der Waals surface area (Å²) in [5.74, 6) is -0.301. The van der Waals surface area contributed by atoms with E-state index in [-0.39, 0.29) is 24.5 Å². The van der Waals surface area contributed by atoms with E-state index in [1.807, 2.05) is 6.07 Å². The quantitative estimate of drug-likeness (QED) is 0.710. The molecule has 1 rings (SSSR count). The van der Waals surface area contributed by atoms with Gasteiger partial charge in [0.15, 0.2) is 0 Å². The molecule has 0 aliphatic heterocycles. The summed E-state index contributed by atoms with van der Waals surface area (Å²) >= 11 is 5.16. The molecule has 1 amide bonds. The number of nitrogens with two attached hydrogens (primary N) is 2. The maximum Gasteiger partial charge on any atom is 0.231 e. The third-order valence-corrected chi connectivity index (χ3v) is 5.01. The second-order valence-corrected chi connectivity index (χ2v) is 7.44. The van der Waals surface area contributed by atoms with Crippen molar-refractivity contribution in [3.63, 3.8) is 0 Å². The highest BCUT2D eigenvalue weighted by Crippen LogP contribution is 2.33. The van der Waals surface area contributed by atoms with Crippen molar-refractivity contribution < 1.29 is 4.79 Å². The first kappa shape index (κ1) is 17.6. The van der Waals surface area contributed by atoms with Gasteiger partial charge in [0.2, 0.25) is 5.91 Å². The van der Waals surface area contributed by atoms with E-state index in [4.69, 9.17) is 11.5 Å². The first-order valence-corrected chi connectivity index (χ1v) is 8.63. The molecule has 0 fully saturated rings. The van der Waals surface area contributed by atoms with Gasteiger partial charge < -0.3 is 11.5 Å². The molecule has 1 aromatic rings. The molecule has 1 heterocycles. The van der Waals surface area contributed by atoms with E-state index in [0.29, 0.717) is 0 Å². The van der Waals surface area contributed by atoms with Gasteiger partial charge in [-0.05, 0) is 47.4 Å². The fourth-order valence-corrected chi connectivity index (χ4v) is 3.88. The molecule has 0 aromatic carbocycles. The van der Waals surface area contributed by atoms with Crippen LogP contribution < -0.4 is 11.5 Å². The Morgan fingerprint density at radius 3 is 2.60 bits per heavy atom. The highest BCUT2D eigenvalue weighted by molar-refractivity contribution is 9.11. The van der Waals surface area contributed by atoms with E-state index < -0.39 is 0 Å². The minimum Gasteiger partial charge on any atom is -0.369 e. The number of nitrogens with zero attached hydrogens (tertiary/aromatic N) is 1. The highest BCUT2D eigenvalue weighted by atomic mass is 79.9. The van der Waals surface area contributed by atoms with Crippen molar-refractivity contribution in [1.29, 1.82) is 0 Å². The Kier molecular flexibility index (Phi) is 7.72. The zero-order chi connectivity index (χ0) is 15.1. The summed E-state index contributed by atoms with van der Waals surface area (Å²) in [6.07, 6.45) is 2.98. The first-order chi connectivity index (χ1) is 9.49. The molecular formula is C14H24BrN3OS. The maximum atomic E-state index is 11.4. The lowest BCUT2D eigenvalue weighted by atomic mass is 10.0. The molecule has 1 aromatic heterocycles. The molecule has 20 heavy (non-hydrogen) atoms. The Labute approximate surface area is 133 Å². The maximum absolute atomic E-state index is 11.4. The lowest BCUT2D eigenvalue weighted by Crippen LogP contribution is -2.44. The van der Waals surface area contributed by atoms with Crippen LogP contribution in [-0.4, -0.2) is 29.9 Å². The van der Waals surface area contributed by atoms with Crippen molar-refractivity contribution in [3.05, 3.63) is 20.8 Å². The average molecular weight is 362 g/mol. The molecule has 2 atom stereocenters. The Bertz CT molecular complexity index is 424. The number of carbonyl (C=O) groups is 1. The van der Waals surface area contributed by atoms with Crippen LogP contribution in [0.1, 0.15) is 44.0 Å². The van der Waals surface area contributed by atoms with Gasteiger partial charge >= 0.3 is 0 Å². The number of amides is 1. The molecule has 4 N–H and O–H groups in total. The van der Waals surface area contributed by atoms with Gasteiger partial charge in [-0.15, -0.1) is 11.3 Å². The number of unbranched alkanes of at least 4 members (excludes halogenated alkanes) is 1. The zero-order valence-corrected chi connectivity index (χ0v) is 14.5. The number of halogens is 1. The lowest BCUT2D eigenvalue weighted by molar-refractivity contribution is -0.119. The molecule has 0 saturated carbocycles. The van der Waals surface area contributed by atoms with E-state index in [9.17, 15) is 4.79 Å². The Hall–Kier alpha value is -0.430. The molecule has 0 spiro atoms. The average Bonchev–Trinajstić information content (AvgIpc) is 2.81. The third-order valence-electron chi connectivity index (χ3n) is 3.31. The summed E-state index contributed by atoms with van der Waals surface area (Å²) in [5.41, 5.74) is 11.7. The van der Waals surface area contributed by atoms with Crippen molar-refractivity contribution >= 4 is 33.2 Å². The van der Waals surface area contributed by atoms with E-state index in [1.54, 1.807) is 11.3 Å². The summed E-state index contributed by atoms with van der Waals surface area (Å²) in [6, 6.07) is 4.15. The Morgan fingerprint density at radius 2 is 2.15 bits per heavy atom. The second-order valence-electron chi connectivity index (χ2n) is 4.95. The number of hydrogen-bond donors (Lipinski definition) is 2. The van der Waals surface area contributed by atoms with Crippen LogP contribution in [0.2, 0.25) is 0 Å². The number of primary amides is 1. The van der Waals surface area contributed by atoms with Crippen molar-refractivity contribution in [2.75, 3.05) is 13.1 Å². The van der Waals surface area contributed by atoms with E-state index in [0.717, 1.165) is 29.6 Å². The molecule has 4 nitrogen and oxygen atoms in total. The zero-order valence-electron chi connectivity index (χ0n) is 12.1. The van der Waals surface area contributed by atoms with Crippen LogP contribution in [-0.2, 0) is 4.79 Å². The topological polar surface area (TPSA) is 72.3 Å². The summed E-state index contributed by atoms with van der Waals surface area (Å²) < 4.78 is 1.08. The predicted octanol–water partition coefficient (Wildman–Crippen LogP) is 2.88. The number of hydrogen-bond acceptors (Lipinski definition) is 4. The van der Waals surface area contributed by atoms with Gasteiger partial charge in [-0.1, -0.05) is 20.3 Å². The standard InChI is InChI=1S/C14H24BrN3OS/c1-3-5-8-18(9-13(17)19)14(10(16)4-2)11-6-7-12(15)20-11/h6-7,10,14H,3-5,8-9,16H2,1-2H3,(H2,17,19). The molecule has 0 bridgehead atoms. The smallest absolute Gasteiger partial charge is 0.231 e. The van der Waals surface area contributed by atoms with Crippen molar-refractivity contribution in [1.82, 2.24) is 4.90 Å². The second kappa shape index (κ2) is 8.77. The van der Waals surface area contributed by atoms with E-state index in [1.165, 1.54) is 4.88 Å². The van der Waals surface area contributed by atoms with Crippen molar-refractivity contribution in [2.45, 2.75) is 45.2 Å². The van der Waals surface area contributed by atoms with Crippen molar-refractivity contribution in [3.8, 4) is 0 Å². The summed E-state index contributed by atoms with van der Waals surface area (Å²) in [6.45, 7) is 5.31. The van der Waals surface area contributed by atoms with Gasteiger partial charge in [-0.3, -0.25) is 9.69 Å². The molecule has 0 aliphatic carbocycles. The molecule has 0 saturated heterocycles. The highest BCUT2D eigenvalue weighted by Gasteiger charge is 2.27. The van der Waals surface area contributed by atoms with Gasteiger partial charge in [0.1, 0.15) is 0 Å². The monoisotopic (exact) mass is 361 g/mol. The Balaban J connectivity index is 2.99. The number of thiophene rings is 1. The minimum atomic E-state index is -0.301. The SMILES string of the molecule is CCCCN(CC(N)=O)C(c1ccc(Br)s1)C(N)CC. The third kappa shape index (κ3) is 5.16. The summed E-state index contributed by atoms with van der Waals surface area (Å²) in [4.78, 5) is 14.7. The van der Waals surface area contributed by atoms with E-state index >= 15 is 0 Å². The van der Waals surface area contributed by atoms with Crippen LogP contribution in [0.5, 0.6) is 0 Å². The molecule has 0 radical (unpaired) electrons. The molecular weight excluding hydrogens is 338 g/mol. The molecule has 2 unspecified atom stereocenters. The minimum absolute atomic E-state index is 0.00300. The van der Waals surface area contributed by atoms with Crippen LogP contribution >= 0.6 is 27.3 Å². The molecule has 114 valence electrons. The van der Waals surface area contributed by atoms with Crippen LogP contribution in [0.15, 0.2) is 15.9 Å². The number of rotatable bonds is 9. The summed E-state index contributed by atoms with van der Waals surface area (Å²) in [7, 11) is 0. The van der Waals surface area contributed by atoms with Crippen LogP contribution in [0.25, 0.3) is 0 Å². The van der Waals surface area contributed by atoms with Crippen LogP contribution in [0.3, 0.4) is 0 Å². The van der Waals surface area contributed by atoms with Crippen LogP contribution in [0.4, 0.5) is 0 Å². The van der Waals surface area contributed by atoms with Gasteiger partial charge in [0.05, 0.1) is 16.4 Å². The fraction of sp³-hybridized carbons (Fsp3) is 0.643. The van der Waals surface area contributed by atoms with Gasteiger partial charge in [-0.2, -0.15) is 0 Å². The van der Waals surface area contributed by atoms with E-state index in [2.05, 4.69) is 40.7 Å². The van der Waals surface area contributed by atoms with Gasteiger partial charge in [0, 0.05) is 10.9 Å². The Morgan fingerprint density at radius 1 is 1.45 bits per heavy atom. The first-order valence-electron chi connectivity index (χ1n) is 7.02. The predicted molar refractivity (Wildman–Crippen MR) is 88.7 cm³/mol. The fourth-order valence-electron chi connectivity index (χ4n) is 2.25.